The van der Waals surface area contributed by atoms with Crippen LogP contribution in [0.3, 0.4) is 0 Å². The number of terminal acetylenes is 1. The van der Waals surface area contributed by atoms with E-state index in [4.69, 9.17) is 12.2 Å². The van der Waals surface area contributed by atoms with E-state index in [1.54, 1.807) is 0 Å². The number of H-pyrrole nitrogens is 1. The molecule has 0 saturated carbocycles. The first-order valence-electron chi connectivity index (χ1n) is 3.18. The number of hydrogen-bond acceptors (Lipinski definition) is 4. The minimum atomic E-state index is 0.299. The molecule has 5 heteroatoms. The number of nitrogens with two attached hydrogens (primary N) is 1. The van der Waals surface area contributed by atoms with Gasteiger partial charge in [-0.15, -0.1) is 17.4 Å². The molecule has 0 saturated heterocycles. The Morgan fingerprint density at radius 3 is 3.09 bits per heavy atom. The van der Waals surface area contributed by atoms with Crippen LogP contribution in [-0.4, -0.2) is 21.7 Å². The lowest BCUT2D eigenvalue weighted by Crippen LogP contribution is -2.01. The minimum Gasteiger partial charge on any atom is -0.368 e. The van der Waals surface area contributed by atoms with Crippen LogP contribution in [0.5, 0.6) is 0 Å². The highest BCUT2D eigenvalue weighted by atomic mass is 15.3. The second-order valence-corrected chi connectivity index (χ2v) is 1.93. The van der Waals surface area contributed by atoms with Crippen LogP contribution in [0.15, 0.2) is 0 Å². The zero-order valence-electron chi connectivity index (χ0n) is 5.96. The van der Waals surface area contributed by atoms with Gasteiger partial charge in [0.2, 0.25) is 11.9 Å². The van der Waals surface area contributed by atoms with E-state index in [0.717, 1.165) is 0 Å². The normalized spacial score (nSPS) is 9.00. The molecule has 0 amide bonds. The monoisotopic (exact) mass is 151 g/mol. The van der Waals surface area contributed by atoms with Crippen LogP contribution in [0.1, 0.15) is 6.42 Å². The van der Waals surface area contributed by atoms with Crippen molar-refractivity contribution in [3.8, 4) is 12.3 Å². The number of nitrogen functional groups attached to an aromatic ring is 1. The zero-order valence-corrected chi connectivity index (χ0v) is 5.96. The summed E-state index contributed by atoms with van der Waals surface area (Å²) in [5.41, 5.74) is 5.27. The van der Waals surface area contributed by atoms with Crippen molar-refractivity contribution in [2.24, 2.45) is 0 Å². The van der Waals surface area contributed by atoms with Gasteiger partial charge >= 0.3 is 0 Å². The molecule has 0 spiro atoms. The van der Waals surface area contributed by atoms with Gasteiger partial charge in [0.25, 0.3) is 0 Å². The summed E-state index contributed by atoms with van der Waals surface area (Å²) < 4.78 is 0. The fourth-order valence-electron chi connectivity index (χ4n) is 0.600. The fourth-order valence-corrected chi connectivity index (χ4v) is 0.600. The average molecular weight is 151 g/mol. The molecule has 11 heavy (non-hydrogen) atoms. The third kappa shape index (κ3) is 2.18. The fraction of sp³-hybridized carbons (Fsp3) is 0.333. The predicted octanol–water partition coefficient (Wildman–Crippen LogP) is -0.178. The first-order chi connectivity index (χ1) is 5.33. The van der Waals surface area contributed by atoms with Crippen LogP contribution in [0, 0.1) is 12.3 Å². The van der Waals surface area contributed by atoms with Crippen molar-refractivity contribution in [1.29, 1.82) is 0 Å². The van der Waals surface area contributed by atoms with Crippen molar-refractivity contribution >= 4 is 11.9 Å². The van der Waals surface area contributed by atoms with Crippen molar-refractivity contribution < 1.29 is 0 Å². The number of nitrogens with one attached hydrogen (secondary N) is 2. The number of aromatic nitrogens is 3. The summed E-state index contributed by atoms with van der Waals surface area (Å²) in [5, 5.41) is 9.14. The molecule has 0 radical (unpaired) electrons. The quantitative estimate of drug-likeness (QED) is 0.413. The van der Waals surface area contributed by atoms with Gasteiger partial charge in [0.15, 0.2) is 0 Å². The van der Waals surface area contributed by atoms with Gasteiger partial charge in [0.05, 0.1) is 0 Å². The Labute approximate surface area is 64.4 Å². The summed E-state index contributed by atoms with van der Waals surface area (Å²) >= 11 is 0. The van der Waals surface area contributed by atoms with Gasteiger partial charge in [0, 0.05) is 13.0 Å². The second-order valence-electron chi connectivity index (χ2n) is 1.93. The number of nitrogens with zero attached hydrogens (tertiary/aromatic N) is 2. The zero-order chi connectivity index (χ0) is 8.10. The van der Waals surface area contributed by atoms with Gasteiger partial charge in [-0.1, -0.05) is 0 Å². The predicted molar refractivity (Wildman–Crippen MR) is 42.7 cm³/mol. The highest BCUT2D eigenvalue weighted by molar-refractivity contribution is 5.29. The van der Waals surface area contributed by atoms with Gasteiger partial charge < -0.3 is 11.1 Å². The Kier molecular flexibility index (Phi) is 2.33. The van der Waals surface area contributed by atoms with E-state index < -0.39 is 0 Å². The van der Waals surface area contributed by atoms with Crippen LogP contribution < -0.4 is 11.1 Å². The van der Waals surface area contributed by atoms with Crippen molar-refractivity contribution in [3.63, 3.8) is 0 Å². The van der Waals surface area contributed by atoms with Gasteiger partial charge in [0.1, 0.15) is 0 Å². The Hall–Kier alpha value is -1.70. The maximum atomic E-state index is 5.27. The molecule has 5 nitrogen and oxygen atoms in total. The Balaban J connectivity index is 2.34. The molecule has 0 unspecified atom stereocenters. The number of rotatable bonds is 3. The van der Waals surface area contributed by atoms with Gasteiger partial charge in [-0.05, 0) is 0 Å². The molecule has 0 bridgehead atoms. The maximum Gasteiger partial charge on any atom is 0.243 e. The molecule has 4 N–H and O–H groups in total. The topological polar surface area (TPSA) is 79.6 Å². The van der Waals surface area contributed by atoms with E-state index in [2.05, 4.69) is 26.4 Å². The van der Waals surface area contributed by atoms with Crippen LogP contribution in [-0.2, 0) is 0 Å². The first kappa shape index (κ1) is 7.41. The van der Waals surface area contributed by atoms with Crippen LogP contribution >= 0.6 is 0 Å². The average Bonchev–Trinajstić information content (AvgIpc) is 2.37. The first-order valence-corrected chi connectivity index (χ1v) is 3.18. The number of anilines is 2. The number of hydrogen-bond donors (Lipinski definition) is 3. The van der Waals surface area contributed by atoms with Crippen molar-refractivity contribution in [3.05, 3.63) is 0 Å². The molecule has 0 atom stereocenters. The molecule has 1 heterocycles. The summed E-state index contributed by atoms with van der Waals surface area (Å²) in [6.07, 6.45) is 5.68. The Bertz CT molecular complexity index is 258. The molecule has 0 aliphatic rings. The van der Waals surface area contributed by atoms with E-state index in [0.29, 0.717) is 24.9 Å². The van der Waals surface area contributed by atoms with E-state index in [1.165, 1.54) is 0 Å². The SMILES string of the molecule is C#CCCNc1n[nH]c(N)n1. The second kappa shape index (κ2) is 3.46. The summed E-state index contributed by atoms with van der Waals surface area (Å²) in [6, 6.07) is 0. The van der Waals surface area contributed by atoms with Gasteiger partial charge in [-0.3, -0.25) is 0 Å². The molecule has 0 aromatic carbocycles. The summed E-state index contributed by atoms with van der Waals surface area (Å²) in [7, 11) is 0. The van der Waals surface area contributed by atoms with Gasteiger partial charge in [-0.25, -0.2) is 5.10 Å². The Morgan fingerprint density at radius 1 is 1.73 bits per heavy atom. The van der Waals surface area contributed by atoms with Crippen LogP contribution in [0.25, 0.3) is 0 Å². The van der Waals surface area contributed by atoms with Crippen LogP contribution in [0.4, 0.5) is 11.9 Å². The smallest absolute Gasteiger partial charge is 0.243 e. The van der Waals surface area contributed by atoms with Crippen molar-refractivity contribution in [1.82, 2.24) is 15.2 Å². The summed E-state index contributed by atoms with van der Waals surface area (Å²) in [4.78, 5) is 3.81. The lowest BCUT2D eigenvalue weighted by molar-refractivity contribution is 1.03. The molecule has 1 aromatic rings. The molecule has 1 rings (SSSR count). The highest BCUT2D eigenvalue weighted by Gasteiger charge is 1.95. The molecular formula is C6H9N5. The van der Waals surface area contributed by atoms with E-state index in [-0.39, 0.29) is 0 Å². The Morgan fingerprint density at radius 2 is 2.55 bits per heavy atom. The molecular weight excluding hydrogens is 142 g/mol. The maximum absolute atomic E-state index is 5.27. The number of aromatic amines is 1. The minimum absolute atomic E-state index is 0.299. The van der Waals surface area contributed by atoms with Crippen LogP contribution in [0.2, 0.25) is 0 Å². The molecule has 58 valence electrons. The highest BCUT2D eigenvalue weighted by Crippen LogP contribution is 1.97. The van der Waals surface area contributed by atoms with Crippen molar-refractivity contribution in [2.45, 2.75) is 6.42 Å². The van der Waals surface area contributed by atoms with Gasteiger partial charge in [-0.2, -0.15) is 4.98 Å². The summed E-state index contributed by atoms with van der Waals surface area (Å²) in [5.74, 6) is 3.27. The lowest BCUT2D eigenvalue weighted by atomic mass is 10.4. The largest absolute Gasteiger partial charge is 0.368 e. The molecule has 0 aliphatic heterocycles. The third-order valence-electron chi connectivity index (χ3n) is 1.06. The third-order valence-corrected chi connectivity index (χ3v) is 1.06. The van der Waals surface area contributed by atoms with E-state index >= 15 is 0 Å². The van der Waals surface area contributed by atoms with E-state index in [1.807, 2.05) is 0 Å². The molecule has 0 aliphatic carbocycles. The standard InChI is InChI=1S/C6H9N5/c1-2-3-4-8-6-9-5(7)10-11-6/h1H,3-4H2,(H4,7,8,9,10,11). The summed E-state index contributed by atoms with van der Waals surface area (Å²) in [6.45, 7) is 0.661. The molecule has 1 aromatic heterocycles. The lowest BCUT2D eigenvalue weighted by Gasteiger charge is -1.94. The van der Waals surface area contributed by atoms with E-state index in [9.17, 15) is 0 Å². The van der Waals surface area contributed by atoms with Crippen molar-refractivity contribution in [2.75, 3.05) is 17.6 Å². The molecule has 0 fully saturated rings.